The minimum Gasteiger partial charge on any atom is -0.486 e. The SMILES string of the molecule is Cc1ccc(-c2cccc3c2CC[C@H]3Oc2ccc(C3=CC(=O)NS3=O)cc2)c(C)c1. The van der Waals surface area contributed by atoms with Crippen molar-refractivity contribution in [1.82, 2.24) is 4.72 Å². The van der Waals surface area contributed by atoms with Crippen molar-refractivity contribution in [3.63, 3.8) is 0 Å². The normalized spacial score (nSPS) is 19.7. The van der Waals surface area contributed by atoms with Crippen molar-refractivity contribution in [2.75, 3.05) is 0 Å². The van der Waals surface area contributed by atoms with Gasteiger partial charge in [0.15, 0.2) is 11.0 Å². The first kappa shape index (κ1) is 19.8. The summed E-state index contributed by atoms with van der Waals surface area (Å²) < 4.78 is 20.7. The maximum atomic E-state index is 12.0. The molecule has 4 nitrogen and oxygen atoms in total. The number of benzene rings is 3. The molecule has 0 spiro atoms. The molecule has 1 aliphatic heterocycles. The van der Waals surface area contributed by atoms with Crippen molar-refractivity contribution in [3.8, 4) is 16.9 Å². The van der Waals surface area contributed by atoms with E-state index in [0.717, 1.165) is 24.2 Å². The molecule has 1 heterocycles. The van der Waals surface area contributed by atoms with Crippen LogP contribution in [0.4, 0.5) is 0 Å². The minimum absolute atomic E-state index is 0.00891. The lowest BCUT2D eigenvalue weighted by molar-refractivity contribution is -0.114. The number of ether oxygens (including phenoxy) is 1. The predicted molar refractivity (Wildman–Crippen MR) is 124 cm³/mol. The number of carbonyl (C=O) groups is 1. The van der Waals surface area contributed by atoms with Gasteiger partial charge in [-0.05, 0) is 72.2 Å². The average Bonchev–Trinajstić information content (AvgIpc) is 3.31. The van der Waals surface area contributed by atoms with Crippen LogP contribution in [0.25, 0.3) is 16.0 Å². The molecule has 2 aliphatic rings. The van der Waals surface area contributed by atoms with Gasteiger partial charge in [-0.2, -0.15) is 0 Å². The molecule has 1 N–H and O–H groups in total. The van der Waals surface area contributed by atoms with Gasteiger partial charge in [-0.15, -0.1) is 0 Å². The van der Waals surface area contributed by atoms with Gasteiger partial charge in [-0.25, -0.2) is 4.21 Å². The Hall–Kier alpha value is -3.18. The van der Waals surface area contributed by atoms with Crippen LogP contribution in [0.15, 0.2) is 66.7 Å². The zero-order valence-corrected chi connectivity index (χ0v) is 18.3. The first-order valence-electron chi connectivity index (χ1n) is 10.4. The van der Waals surface area contributed by atoms with E-state index < -0.39 is 11.0 Å². The molecule has 156 valence electrons. The third kappa shape index (κ3) is 3.70. The van der Waals surface area contributed by atoms with E-state index in [1.807, 2.05) is 24.3 Å². The van der Waals surface area contributed by atoms with Crippen molar-refractivity contribution in [2.24, 2.45) is 0 Å². The van der Waals surface area contributed by atoms with E-state index in [2.05, 4.69) is 55.0 Å². The van der Waals surface area contributed by atoms with Gasteiger partial charge in [0.2, 0.25) is 0 Å². The van der Waals surface area contributed by atoms with Crippen LogP contribution in [0.2, 0.25) is 0 Å². The molecule has 3 aromatic carbocycles. The van der Waals surface area contributed by atoms with Crippen LogP contribution in [0.5, 0.6) is 5.75 Å². The number of hydrogen-bond donors (Lipinski definition) is 1. The highest BCUT2D eigenvalue weighted by Crippen LogP contribution is 2.41. The van der Waals surface area contributed by atoms with E-state index in [4.69, 9.17) is 4.74 Å². The molecule has 1 aliphatic carbocycles. The summed E-state index contributed by atoms with van der Waals surface area (Å²) in [5.41, 5.74) is 8.52. The summed E-state index contributed by atoms with van der Waals surface area (Å²) in [6.45, 7) is 4.29. The Morgan fingerprint density at radius 3 is 2.52 bits per heavy atom. The molecular weight excluding hydrogens is 406 g/mol. The standard InChI is InChI=1S/C26H23NO3S/c1-16-6-11-20(17(2)14-16)21-4-3-5-23-22(21)12-13-24(23)30-19-9-7-18(8-10-19)25-15-26(28)27-31(25)29/h3-11,14-15,24H,12-13H2,1-2H3,(H,27,28)/t24-,31?/m1/s1. The third-order valence-electron chi connectivity index (χ3n) is 5.96. The summed E-state index contributed by atoms with van der Waals surface area (Å²) in [6.07, 6.45) is 3.32. The molecule has 1 amide bonds. The van der Waals surface area contributed by atoms with Crippen LogP contribution in [0.1, 0.15) is 40.3 Å². The first-order chi connectivity index (χ1) is 15.0. The monoisotopic (exact) mass is 429 g/mol. The van der Waals surface area contributed by atoms with Crippen LogP contribution in [0, 0.1) is 13.8 Å². The number of fused-ring (bicyclic) bond motifs is 1. The van der Waals surface area contributed by atoms with Gasteiger partial charge in [0.25, 0.3) is 5.91 Å². The Morgan fingerprint density at radius 2 is 1.81 bits per heavy atom. The van der Waals surface area contributed by atoms with Gasteiger partial charge in [-0.3, -0.25) is 9.52 Å². The zero-order chi connectivity index (χ0) is 21.5. The Labute approximate surface area is 184 Å². The van der Waals surface area contributed by atoms with Crippen LogP contribution >= 0.6 is 0 Å². The van der Waals surface area contributed by atoms with Gasteiger partial charge < -0.3 is 4.74 Å². The predicted octanol–water partition coefficient (Wildman–Crippen LogP) is 5.17. The quantitative estimate of drug-likeness (QED) is 0.622. The van der Waals surface area contributed by atoms with Crippen molar-refractivity contribution in [3.05, 3.63) is 94.6 Å². The van der Waals surface area contributed by atoms with Gasteiger partial charge in [0, 0.05) is 6.08 Å². The maximum Gasteiger partial charge on any atom is 0.257 e. The Balaban J connectivity index is 1.39. The number of hydrogen-bond acceptors (Lipinski definition) is 3. The molecule has 0 bridgehead atoms. The second-order valence-corrected chi connectivity index (χ2v) is 9.29. The molecule has 0 saturated carbocycles. The largest absolute Gasteiger partial charge is 0.486 e. The molecule has 5 rings (SSSR count). The lowest BCUT2D eigenvalue weighted by atomic mass is 9.93. The topological polar surface area (TPSA) is 55.4 Å². The van der Waals surface area contributed by atoms with Gasteiger partial charge in [-0.1, -0.05) is 54.1 Å². The van der Waals surface area contributed by atoms with Gasteiger partial charge >= 0.3 is 0 Å². The maximum absolute atomic E-state index is 12.0. The first-order valence-corrected chi connectivity index (χ1v) is 11.5. The highest BCUT2D eigenvalue weighted by atomic mass is 32.2. The highest BCUT2D eigenvalue weighted by Gasteiger charge is 2.27. The molecule has 5 heteroatoms. The minimum atomic E-state index is -1.49. The van der Waals surface area contributed by atoms with E-state index in [1.54, 1.807) is 0 Å². The van der Waals surface area contributed by atoms with Crippen molar-refractivity contribution in [2.45, 2.75) is 32.8 Å². The summed E-state index contributed by atoms with van der Waals surface area (Å²) >= 11 is 0. The Kier molecular flexibility index (Phi) is 4.98. The number of rotatable bonds is 4. The lowest BCUT2D eigenvalue weighted by Gasteiger charge is -2.17. The molecule has 31 heavy (non-hydrogen) atoms. The molecule has 3 aromatic rings. The molecule has 1 unspecified atom stereocenters. The summed E-state index contributed by atoms with van der Waals surface area (Å²) in [6, 6.07) is 20.6. The summed E-state index contributed by atoms with van der Waals surface area (Å²) in [7, 11) is -1.49. The zero-order valence-electron chi connectivity index (χ0n) is 17.5. The molecule has 0 aromatic heterocycles. The van der Waals surface area contributed by atoms with Gasteiger partial charge in [0.1, 0.15) is 11.9 Å². The fraction of sp³-hybridized carbons (Fsp3) is 0.192. The van der Waals surface area contributed by atoms with Crippen LogP contribution in [0.3, 0.4) is 0 Å². The average molecular weight is 430 g/mol. The van der Waals surface area contributed by atoms with E-state index in [-0.39, 0.29) is 12.0 Å². The van der Waals surface area contributed by atoms with Crippen molar-refractivity contribution in [1.29, 1.82) is 0 Å². The smallest absolute Gasteiger partial charge is 0.257 e. The number of nitrogens with one attached hydrogen (secondary N) is 1. The Morgan fingerprint density at radius 1 is 1.00 bits per heavy atom. The molecule has 0 radical (unpaired) electrons. The van der Waals surface area contributed by atoms with E-state index in [0.29, 0.717) is 4.91 Å². The fourth-order valence-corrected chi connectivity index (χ4v) is 5.42. The van der Waals surface area contributed by atoms with Crippen molar-refractivity contribution >= 4 is 21.8 Å². The van der Waals surface area contributed by atoms with E-state index in [1.165, 1.54) is 39.5 Å². The number of carbonyl (C=O) groups excluding carboxylic acids is 1. The van der Waals surface area contributed by atoms with Crippen LogP contribution in [-0.4, -0.2) is 10.1 Å². The Bertz CT molecular complexity index is 1240. The molecule has 0 saturated heterocycles. The lowest BCUT2D eigenvalue weighted by Crippen LogP contribution is -2.16. The highest BCUT2D eigenvalue weighted by molar-refractivity contribution is 7.93. The summed E-state index contributed by atoms with van der Waals surface area (Å²) in [5.74, 6) is 0.443. The van der Waals surface area contributed by atoms with Crippen molar-refractivity contribution < 1.29 is 13.7 Å². The van der Waals surface area contributed by atoms with E-state index in [9.17, 15) is 9.00 Å². The van der Waals surface area contributed by atoms with E-state index >= 15 is 0 Å². The summed E-state index contributed by atoms with van der Waals surface area (Å²) in [5, 5.41) is 0. The van der Waals surface area contributed by atoms with Crippen LogP contribution in [-0.2, 0) is 22.2 Å². The molecule has 0 fully saturated rings. The molecular formula is C26H23NO3S. The van der Waals surface area contributed by atoms with Crippen LogP contribution < -0.4 is 9.46 Å². The second-order valence-electron chi connectivity index (χ2n) is 8.10. The number of aryl methyl sites for hydroxylation is 2. The number of amides is 1. The third-order valence-corrected chi connectivity index (χ3v) is 7.10. The second kappa shape index (κ2) is 7.82. The fourth-order valence-electron chi connectivity index (χ4n) is 4.51. The summed E-state index contributed by atoms with van der Waals surface area (Å²) in [4.78, 5) is 11.9. The van der Waals surface area contributed by atoms with Gasteiger partial charge in [0.05, 0.1) is 4.91 Å². The molecule has 2 atom stereocenters.